The Kier molecular flexibility index (Phi) is 2.42. The van der Waals surface area contributed by atoms with Crippen LogP contribution in [0.15, 0.2) is 36.7 Å². The Morgan fingerprint density at radius 3 is 3.00 bits per heavy atom. The molecule has 4 nitrogen and oxygen atoms in total. The minimum atomic E-state index is 0.560. The van der Waals surface area contributed by atoms with E-state index in [0.717, 1.165) is 24.7 Å². The number of carbonyl (C=O) groups is 1. The van der Waals surface area contributed by atoms with Gasteiger partial charge in [0.05, 0.1) is 0 Å². The van der Waals surface area contributed by atoms with E-state index in [4.69, 9.17) is 0 Å². The molecule has 4 rings (SSSR count). The van der Waals surface area contributed by atoms with Crippen LogP contribution in [0.1, 0.15) is 28.0 Å². The van der Waals surface area contributed by atoms with Gasteiger partial charge in [0.15, 0.2) is 6.29 Å². The van der Waals surface area contributed by atoms with Gasteiger partial charge in [-0.1, -0.05) is 12.1 Å². The van der Waals surface area contributed by atoms with Crippen molar-refractivity contribution in [3.8, 4) is 11.3 Å². The van der Waals surface area contributed by atoms with E-state index in [9.17, 15) is 4.79 Å². The second-order valence-electron chi connectivity index (χ2n) is 5.09. The Labute approximate surface area is 116 Å². The molecule has 3 aromatic rings. The molecule has 1 aliphatic rings. The molecule has 0 N–H and O–H groups in total. The summed E-state index contributed by atoms with van der Waals surface area (Å²) in [6, 6.07) is 8.17. The van der Waals surface area contributed by atoms with Crippen molar-refractivity contribution in [2.24, 2.45) is 0 Å². The van der Waals surface area contributed by atoms with Gasteiger partial charge < -0.3 is 0 Å². The van der Waals surface area contributed by atoms with Gasteiger partial charge in [0.1, 0.15) is 11.4 Å². The molecule has 0 saturated heterocycles. The predicted molar refractivity (Wildman–Crippen MR) is 75.8 cm³/mol. The number of rotatable bonds is 2. The number of aromatic nitrogens is 3. The number of hydrogen-bond acceptors (Lipinski definition) is 3. The monoisotopic (exact) mass is 263 g/mol. The van der Waals surface area contributed by atoms with E-state index < -0.39 is 0 Å². The highest BCUT2D eigenvalue weighted by Gasteiger charge is 2.17. The third-order valence-electron chi connectivity index (χ3n) is 3.92. The quantitative estimate of drug-likeness (QED) is 0.668. The van der Waals surface area contributed by atoms with Gasteiger partial charge in [0.2, 0.25) is 5.78 Å². The molecule has 98 valence electrons. The molecule has 0 atom stereocenters. The lowest BCUT2D eigenvalue weighted by Crippen LogP contribution is -1.93. The molecule has 2 heterocycles. The highest BCUT2D eigenvalue weighted by molar-refractivity contribution is 5.86. The molecule has 0 saturated carbocycles. The minimum absolute atomic E-state index is 0.560. The van der Waals surface area contributed by atoms with Crippen molar-refractivity contribution in [2.45, 2.75) is 19.3 Å². The van der Waals surface area contributed by atoms with E-state index in [2.05, 4.69) is 28.2 Å². The van der Waals surface area contributed by atoms with Crippen LogP contribution in [0.2, 0.25) is 0 Å². The number of benzene rings is 1. The molecule has 0 radical (unpaired) electrons. The second-order valence-corrected chi connectivity index (χ2v) is 5.09. The van der Waals surface area contributed by atoms with Gasteiger partial charge in [0, 0.05) is 18.0 Å². The Hall–Kier alpha value is -2.49. The maximum Gasteiger partial charge on any atom is 0.234 e. The van der Waals surface area contributed by atoms with Crippen molar-refractivity contribution in [1.29, 1.82) is 0 Å². The van der Waals surface area contributed by atoms with Crippen molar-refractivity contribution in [3.05, 3.63) is 53.5 Å². The lowest BCUT2D eigenvalue weighted by molar-refractivity contribution is 0.111. The molecule has 20 heavy (non-hydrogen) atoms. The fourth-order valence-corrected chi connectivity index (χ4v) is 2.95. The molecule has 0 spiro atoms. The third kappa shape index (κ3) is 1.58. The fourth-order valence-electron chi connectivity index (χ4n) is 2.95. The minimum Gasteiger partial charge on any atom is -0.296 e. The summed E-state index contributed by atoms with van der Waals surface area (Å²) in [7, 11) is 0. The van der Waals surface area contributed by atoms with Crippen LogP contribution in [0, 0.1) is 0 Å². The van der Waals surface area contributed by atoms with Gasteiger partial charge >= 0.3 is 0 Å². The molecule has 0 unspecified atom stereocenters. The number of carbonyl (C=O) groups excluding carboxylic acids is 1. The van der Waals surface area contributed by atoms with Crippen LogP contribution >= 0.6 is 0 Å². The zero-order chi connectivity index (χ0) is 13.5. The first kappa shape index (κ1) is 11.3. The zero-order valence-electron chi connectivity index (χ0n) is 10.9. The number of hydrogen-bond donors (Lipinski definition) is 0. The average Bonchev–Trinajstić information content (AvgIpc) is 3.10. The van der Waals surface area contributed by atoms with E-state index in [1.165, 1.54) is 17.5 Å². The molecule has 1 aliphatic carbocycles. The van der Waals surface area contributed by atoms with Crippen LogP contribution in [0.5, 0.6) is 0 Å². The number of imidazole rings is 1. The van der Waals surface area contributed by atoms with Crippen LogP contribution in [0.3, 0.4) is 0 Å². The lowest BCUT2D eigenvalue weighted by atomic mass is 10.0. The Balaban J connectivity index is 1.95. The number of fused-ring (bicyclic) bond motifs is 2. The van der Waals surface area contributed by atoms with Crippen LogP contribution in [-0.2, 0) is 12.8 Å². The molecule has 2 aromatic heterocycles. The van der Waals surface area contributed by atoms with Gasteiger partial charge in [-0.25, -0.2) is 9.97 Å². The summed E-state index contributed by atoms with van der Waals surface area (Å²) in [6.45, 7) is 0. The molecular weight excluding hydrogens is 250 g/mol. The van der Waals surface area contributed by atoms with Crippen molar-refractivity contribution in [2.75, 3.05) is 0 Å². The Morgan fingerprint density at radius 2 is 2.10 bits per heavy atom. The Bertz CT molecular complexity index is 820. The molecule has 0 aliphatic heterocycles. The molecule has 1 aromatic carbocycles. The van der Waals surface area contributed by atoms with Gasteiger partial charge in [-0.2, -0.15) is 0 Å². The van der Waals surface area contributed by atoms with E-state index in [-0.39, 0.29) is 0 Å². The zero-order valence-corrected chi connectivity index (χ0v) is 10.9. The van der Waals surface area contributed by atoms with E-state index in [1.807, 2.05) is 6.20 Å². The van der Waals surface area contributed by atoms with Gasteiger partial charge in [-0.05, 0) is 42.5 Å². The van der Waals surface area contributed by atoms with Gasteiger partial charge in [-0.15, -0.1) is 0 Å². The van der Waals surface area contributed by atoms with E-state index >= 15 is 0 Å². The standard InChI is InChI=1S/C16H13N3O/c20-10-14-15(18-16-17-7-2-8-19(14)16)13-6-5-11-3-1-4-12(11)9-13/h2,5-10H,1,3-4H2. The maximum absolute atomic E-state index is 11.4. The van der Waals surface area contributed by atoms with Crippen LogP contribution in [0.4, 0.5) is 0 Å². The summed E-state index contributed by atoms with van der Waals surface area (Å²) in [5.74, 6) is 0.560. The topological polar surface area (TPSA) is 47.3 Å². The Morgan fingerprint density at radius 1 is 1.20 bits per heavy atom. The fraction of sp³-hybridized carbons (Fsp3) is 0.188. The SMILES string of the molecule is O=Cc1c(-c2ccc3c(c2)CCC3)nc2ncccn12. The van der Waals surface area contributed by atoms with Gasteiger partial charge in [-0.3, -0.25) is 9.20 Å². The summed E-state index contributed by atoms with van der Waals surface area (Å²) in [4.78, 5) is 20.1. The molecule has 0 bridgehead atoms. The van der Waals surface area contributed by atoms with Crippen molar-refractivity contribution in [3.63, 3.8) is 0 Å². The van der Waals surface area contributed by atoms with Crippen LogP contribution in [-0.4, -0.2) is 20.7 Å². The van der Waals surface area contributed by atoms with Crippen molar-refractivity contribution < 1.29 is 4.79 Å². The molecule has 0 amide bonds. The van der Waals surface area contributed by atoms with Gasteiger partial charge in [0.25, 0.3) is 0 Å². The summed E-state index contributed by atoms with van der Waals surface area (Å²) in [5, 5.41) is 0. The highest BCUT2D eigenvalue weighted by Crippen LogP contribution is 2.29. The first-order chi connectivity index (χ1) is 9.86. The van der Waals surface area contributed by atoms with E-state index in [1.54, 1.807) is 16.7 Å². The summed E-state index contributed by atoms with van der Waals surface area (Å²) >= 11 is 0. The second kappa shape index (κ2) is 4.27. The highest BCUT2D eigenvalue weighted by atomic mass is 16.1. The largest absolute Gasteiger partial charge is 0.296 e. The third-order valence-corrected chi connectivity index (χ3v) is 3.92. The van der Waals surface area contributed by atoms with E-state index in [0.29, 0.717) is 17.2 Å². The van der Waals surface area contributed by atoms with Crippen molar-refractivity contribution >= 4 is 12.1 Å². The predicted octanol–water partition coefficient (Wildman–Crippen LogP) is 2.70. The molecule has 0 fully saturated rings. The average molecular weight is 263 g/mol. The number of aldehydes is 1. The van der Waals surface area contributed by atoms with Crippen molar-refractivity contribution in [1.82, 2.24) is 14.4 Å². The summed E-state index contributed by atoms with van der Waals surface area (Å²) < 4.78 is 1.73. The number of aryl methyl sites for hydroxylation is 2. The maximum atomic E-state index is 11.4. The molecular formula is C16H13N3O. The molecule has 4 heteroatoms. The smallest absolute Gasteiger partial charge is 0.234 e. The first-order valence-corrected chi connectivity index (χ1v) is 6.77. The number of nitrogens with zero attached hydrogens (tertiary/aromatic N) is 3. The summed E-state index contributed by atoms with van der Waals surface area (Å²) in [6.07, 6.45) is 7.84. The van der Waals surface area contributed by atoms with Crippen LogP contribution < -0.4 is 0 Å². The normalized spacial score (nSPS) is 13.6. The lowest BCUT2D eigenvalue weighted by Gasteiger charge is -2.03. The van der Waals surface area contributed by atoms with Crippen LogP contribution in [0.25, 0.3) is 17.0 Å². The first-order valence-electron chi connectivity index (χ1n) is 6.77. The summed E-state index contributed by atoms with van der Waals surface area (Å²) in [5.41, 5.74) is 5.07.